The summed E-state index contributed by atoms with van der Waals surface area (Å²) in [5.74, 6) is 1.46. The highest BCUT2D eigenvalue weighted by atomic mass is 16.5. The fraction of sp³-hybridized carbons (Fsp3) is 0.571. The molecule has 0 amide bonds. The van der Waals surface area contributed by atoms with Crippen LogP contribution in [0.1, 0.15) is 30.9 Å². The van der Waals surface area contributed by atoms with Crippen LogP contribution < -0.4 is 10.5 Å². The van der Waals surface area contributed by atoms with Crippen molar-refractivity contribution in [3.63, 3.8) is 0 Å². The maximum Gasteiger partial charge on any atom is 0.124 e. The number of rotatable bonds is 1. The standard InChI is InChI=1S/C14H19NO2/c15-12-8-14(10-4-3-7-16-9-10)17-13-6-2-1-5-11(12)13/h1-2,5-6,10,12,14H,3-4,7-9,15H2/t10?,12-,14?/m1/s1. The number of nitrogens with two attached hydrogens (primary N) is 1. The molecular formula is C14H19NO2. The quantitative estimate of drug-likeness (QED) is 0.809. The number of hydrogen-bond donors (Lipinski definition) is 1. The summed E-state index contributed by atoms with van der Waals surface area (Å²) in [6.45, 7) is 1.71. The summed E-state index contributed by atoms with van der Waals surface area (Å²) >= 11 is 0. The molecule has 1 saturated heterocycles. The normalized spacial score (nSPS) is 32.6. The van der Waals surface area contributed by atoms with Crippen LogP contribution in [0, 0.1) is 5.92 Å². The fourth-order valence-corrected chi connectivity index (χ4v) is 2.83. The summed E-state index contributed by atoms with van der Waals surface area (Å²) < 4.78 is 11.6. The molecule has 17 heavy (non-hydrogen) atoms. The second-order valence-electron chi connectivity index (χ2n) is 5.01. The third-order valence-corrected chi connectivity index (χ3v) is 3.80. The second kappa shape index (κ2) is 4.67. The minimum atomic E-state index is 0.104. The molecule has 0 aliphatic carbocycles. The van der Waals surface area contributed by atoms with Gasteiger partial charge in [0.1, 0.15) is 11.9 Å². The molecule has 2 N–H and O–H groups in total. The van der Waals surface area contributed by atoms with Crippen LogP contribution >= 0.6 is 0 Å². The van der Waals surface area contributed by atoms with Gasteiger partial charge in [-0.2, -0.15) is 0 Å². The minimum Gasteiger partial charge on any atom is -0.490 e. The van der Waals surface area contributed by atoms with Gasteiger partial charge in [0.15, 0.2) is 0 Å². The topological polar surface area (TPSA) is 44.5 Å². The van der Waals surface area contributed by atoms with Gasteiger partial charge in [-0.3, -0.25) is 0 Å². The highest BCUT2D eigenvalue weighted by Gasteiger charge is 2.32. The Morgan fingerprint density at radius 2 is 2.12 bits per heavy atom. The van der Waals surface area contributed by atoms with Crippen LogP contribution in [0.5, 0.6) is 5.75 Å². The molecule has 92 valence electrons. The van der Waals surface area contributed by atoms with Crippen LogP contribution in [0.25, 0.3) is 0 Å². The van der Waals surface area contributed by atoms with Crippen molar-refractivity contribution < 1.29 is 9.47 Å². The Morgan fingerprint density at radius 3 is 2.94 bits per heavy atom. The zero-order valence-electron chi connectivity index (χ0n) is 9.97. The van der Waals surface area contributed by atoms with Gasteiger partial charge in [0.2, 0.25) is 0 Å². The Morgan fingerprint density at radius 1 is 1.24 bits per heavy atom. The van der Waals surface area contributed by atoms with E-state index in [0.717, 1.165) is 37.4 Å². The predicted octanol–water partition coefficient (Wildman–Crippen LogP) is 2.26. The lowest BCUT2D eigenvalue weighted by atomic mass is 9.87. The van der Waals surface area contributed by atoms with Crippen LogP contribution in [-0.2, 0) is 4.74 Å². The number of fused-ring (bicyclic) bond motifs is 1. The largest absolute Gasteiger partial charge is 0.490 e. The Labute approximate surface area is 102 Å². The Hall–Kier alpha value is -1.06. The molecule has 0 radical (unpaired) electrons. The Kier molecular flexibility index (Phi) is 3.04. The summed E-state index contributed by atoms with van der Waals surface area (Å²) in [5, 5.41) is 0. The molecule has 3 heteroatoms. The SMILES string of the molecule is N[C@@H]1CC(C2CCCOC2)Oc2ccccc21. The fourth-order valence-electron chi connectivity index (χ4n) is 2.83. The van der Waals surface area contributed by atoms with Crippen molar-refractivity contribution in [1.82, 2.24) is 0 Å². The molecule has 2 aliphatic rings. The van der Waals surface area contributed by atoms with E-state index in [0.29, 0.717) is 5.92 Å². The first kappa shape index (κ1) is 11.1. The van der Waals surface area contributed by atoms with E-state index in [4.69, 9.17) is 15.2 Å². The molecule has 3 atom stereocenters. The maximum absolute atomic E-state index is 6.22. The summed E-state index contributed by atoms with van der Waals surface area (Å²) in [4.78, 5) is 0. The zero-order chi connectivity index (χ0) is 11.7. The molecule has 2 unspecified atom stereocenters. The van der Waals surface area contributed by atoms with Gasteiger partial charge in [0, 0.05) is 30.6 Å². The molecule has 0 saturated carbocycles. The predicted molar refractivity (Wildman–Crippen MR) is 65.9 cm³/mol. The van der Waals surface area contributed by atoms with E-state index in [-0.39, 0.29) is 12.1 Å². The zero-order valence-corrected chi connectivity index (χ0v) is 9.97. The molecule has 0 aromatic heterocycles. The molecule has 1 aromatic rings. The Bertz CT molecular complexity index is 388. The van der Waals surface area contributed by atoms with E-state index in [1.54, 1.807) is 0 Å². The summed E-state index contributed by atoms with van der Waals surface area (Å²) in [7, 11) is 0. The number of para-hydroxylation sites is 1. The van der Waals surface area contributed by atoms with Gasteiger partial charge < -0.3 is 15.2 Å². The van der Waals surface area contributed by atoms with Crippen LogP contribution in [0.15, 0.2) is 24.3 Å². The number of ether oxygens (including phenoxy) is 2. The maximum atomic E-state index is 6.22. The number of hydrogen-bond acceptors (Lipinski definition) is 3. The lowest BCUT2D eigenvalue weighted by Gasteiger charge is -2.36. The van der Waals surface area contributed by atoms with E-state index in [1.807, 2.05) is 18.2 Å². The van der Waals surface area contributed by atoms with Crippen molar-refractivity contribution in [3.8, 4) is 5.75 Å². The Balaban J connectivity index is 1.78. The van der Waals surface area contributed by atoms with Crippen molar-refractivity contribution in [2.24, 2.45) is 11.7 Å². The monoisotopic (exact) mass is 233 g/mol. The van der Waals surface area contributed by atoms with Gasteiger partial charge in [0.05, 0.1) is 6.61 Å². The average molecular weight is 233 g/mol. The lowest BCUT2D eigenvalue weighted by molar-refractivity contribution is -0.00923. The molecule has 2 heterocycles. The molecule has 2 aliphatic heterocycles. The van der Waals surface area contributed by atoms with Crippen molar-refractivity contribution in [1.29, 1.82) is 0 Å². The van der Waals surface area contributed by atoms with Crippen molar-refractivity contribution >= 4 is 0 Å². The van der Waals surface area contributed by atoms with E-state index in [9.17, 15) is 0 Å². The first-order valence-electron chi connectivity index (χ1n) is 6.43. The molecule has 1 fully saturated rings. The molecule has 3 nitrogen and oxygen atoms in total. The molecule has 0 spiro atoms. The molecular weight excluding hydrogens is 214 g/mol. The summed E-state index contributed by atoms with van der Waals surface area (Å²) in [6.07, 6.45) is 3.46. The van der Waals surface area contributed by atoms with E-state index in [2.05, 4.69) is 6.07 Å². The second-order valence-corrected chi connectivity index (χ2v) is 5.01. The smallest absolute Gasteiger partial charge is 0.124 e. The highest BCUT2D eigenvalue weighted by molar-refractivity contribution is 5.37. The van der Waals surface area contributed by atoms with Crippen LogP contribution in [0.3, 0.4) is 0 Å². The van der Waals surface area contributed by atoms with Crippen molar-refractivity contribution in [2.45, 2.75) is 31.4 Å². The number of benzene rings is 1. The average Bonchev–Trinajstić information content (AvgIpc) is 2.40. The lowest BCUT2D eigenvalue weighted by Crippen LogP contribution is -2.38. The third kappa shape index (κ3) is 2.17. The highest BCUT2D eigenvalue weighted by Crippen LogP contribution is 2.36. The molecule has 1 aromatic carbocycles. The minimum absolute atomic E-state index is 0.104. The molecule has 3 rings (SSSR count). The van der Waals surface area contributed by atoms with Gasteiger partial charge in [0.25, 0.3) is 0 Å². The third-order valence-electron chi connectivity index (χ3n) is 3.80. The van der Waals surface area contributed by atoms with Crippen LogP contribution in [-0.4, -0.2) is 19.3 Å². The van der Waals surface area contributed by atoms with Gasteiger partial charge in [-0.1, -0.05) is 18.2 Å². The van der Waals surface area contributed by atoms with Crippen molar-refractivity contribution in [3.05, 3.63) is 29.8 Å². The van der Waals surface area contributed by atoms with Gasteiger partial charge in [-0.25, -0.2) is 0 Å². The van der Waals surface area contributed by atoms with Gasteiger partial charge >= 0.3 is 0 Å². The van der Waals surface area contributed by atoms with E-state index >= 15 is 0 Å². The first-order valence-corrected chi connectivity index (χ1v) is 6.43. The van der Waals surface area contributed by atoms with Crippen molar-refractivity contribution in [2.75, 3.05) is 13.2 Å². The van der Waals surface area contributed by atoms with Crippen LogP contribution in [0.2, 0.25) is 0 Å². The first-order chi connectivity index (χ1) is 8.34. The summed E-state index contributed by atoms with van der Waals surface area (Å²) in [6, 6.07) is 8.21. The summed E-state index contributed by atoms with van der Waals surface area (Å²) in [5.41, 5.74) is 7.36. The van der Waals surface area contributed by atoms with Gasteiger partial charge in [-0.05, 0) is 18.9 Å². The molecule has 0 bridgehead atoms. The van der Waals surface area contributed by atoms with E-state index < -0.39 is 0 Å². The van der Waals surface area contributed by atoms with Crippen LogP contribution in [0.4, 0.5) is 0 Å². The van der Waals surface area contributed by atoms with E-state index in [1.165, 1.54) is 6.42 Å². The van der Waals surface area contributed by atoms with Gasteiger partial charge in [-0.15, -0.1) is 0 Å².